The van der Waals surface area contributed by atoms with Crippen molar-refractivity contribution < 1.29 is 18.7 Å². The van der Waals surface area contributed by atoms with Gasteiger partial charge in [0.25, 0.3) is 0 Å². The highest BCUT2D eigenvalue weighted by Crippen LogP contribution is 2.35. The molecule has 0 bridgehead atoms. The molecule has 4 heteroatoms. The van der Waals surface area contributed by atoms with Crippen LogP contribution < -0.4 is 0 Å². The van der Waals surface area contributed by atoms with E-state index in [1.165, 1.54) is 25.3 Å². The quantitative estimate of drug-likeness (QED) is 0.440. The molecule has 1 aromatic carbocycles. The van der Waals surface area contributed by atoms with Gasteiger partial charge in [-0.05, 0) is 48.6 Å². The first-order valence-corrected chi connectivity index (χ1v) is 8.73. The summed E-state index contributed by atoms with van der Waals surface area (Å²) in [6, 6.07) is 6.27. The minimum absolute atomic E-state index is 0.129. The summed E-state index contributed by atoms with van der Waals surface area (Å²) in [7, 11) is 1.35. The lowest BCUT2D eigenvalue weighted by Crippen LogP contribution is -2.25. The molecule has 2 atom stereocenters. The number of halogens is 1. The molecule has 2 rings (SSSR count). The van der Waals surface area contributed by atoms with E-state index in [9.17, 15) is 14.0 Å². The second kappa shape index (κ2) is 8.75. The zero-order valence-corrected chi connectivity index (χ0v) is 15.7. The lowest BCUT2D eigenvalue weighted by Gasteiger charge is -2.29. The fraction of sp³-hybridized carbons (Fsp3) is 0.364. The van der Waals surface area contributed by atoms with E-state index in [0.717, 1.165) is 22.3 Å². The number of esters is 1. The second-order valence-corrected chi connectivity index (χ2v) is 6.87. The van der Waals surface area contributed by atoms with Crippen LogP contribution in [0, 0.1) is 17.7 Å². The third kappa shape index (κ3) is 5.01. The Hall–Kier alpha value is -2.49. The number of rotatable bonds is 5. The van der Waals surface area contributed by atoms with Crippen molar-refractivity contribution in [3.8, 4) is 0 Å². The minimum atomic E-state index is -0.386. The van der Waals surface area contributed by atoms with Gasteiger partial charge >= 0.3 is 5.97 Å². The van der Waals surface area contributed by atoms with Gasteiger partial charge in [-0.1, -0.05) is 36.8 Å². The van der Waals surface area contributed by atoms with Crippen LogP contribution >= 0.6 is 0 Å². The van der Waals surface area contributed by atoms with Gasteiger partial charge in [-0.25, -0.2) is 9.18 Å². The number of ether oxygens (including phenoxy) is 1. The van der Waals surface area contributed by atoms with Crippen molar-refractivity contribution in [2.75, 3.05) is 7.11 Å². The molecule has 1 aromatic rings. The van der Waals surface area contributed by atoms with Gasteiger partial charge in [-0.2, -0.15) is 0 Å². The molecule has 0 spiro atoms. The molecule has 0 aromatic heterocycles. The van der Waals surface area contributed by atoms with Crippen molar-refractivity contribution in [2.45, 2.75) is 33.6 Å². The number of ketones is 1. The van der Waals surface area contributed by atoms with E-state index in [2.05, 4.69) is 11.7 Å². The van der Waals surface area contributed by atoms with E-state index in [4.69, 9.17) is 0 Å². The van der Waals surface area contributed by atoms with E-state index in [-0.39, 0.29) is 29.4 Å². The van der Waals surface area contributed by atoms with Gasteiger partial charge in [-0.15, -0.1) is 0 Å². The lowest BCUT2D eigenvalue weighted by molar-refractivity contribution is -0.134. The molecule has 0 amide bonds. The Morgan fingerprint density at radius 1 is 1.31 bits per heavy atom. The molecule has 0 heterocycles. The number of benzene rings is 1. The van der Waals surface area contributed by atoms with Crippen LogP contribution in [-0.4, -0.2) is 18.9 Å². The van der Waals surface area contributed by atoms with Crippen molar-refractivity contribution in [3.05, 3.63) is 70.6 Å². The Bertz CT molecular complexity index is 769. The maximum atomic E-state index is 13.1. The van der Waals surface area contributed by atoms with Gasteiger partial charge in [0.2, 0.25) is 0 Å². The Balaban J connectivity index is 2.26. The summed E-state index contributed by atoms with van der Waals surface area (Å²) in [6.45, 7) is 5.88. The summed E-state index contributed by atoms with van der Waals surface area (Å²) >= 11 is 0. The van der Waals surface area contributed by atoms with Crippen LogP contribution in [0.25, 0.3) is 0 Å². The standard InChI is InChI=1S/C22H25FO3/c1-14(11-22(25)26-4)5-10-19-15(2)12-21(24)20(16(19)3)13-17-6-8-18(23)9-7-17/h5-11,15,19H,12-13H2,1-4H3/b10-5+,14-11+. The summed E-state index contributed by atoms with van der Waals surface area (Å²) in [5.74, 6) is -0.184. The highest BCUT2D eigenvalue weighted by molar-refractivity contribution is 5.97. The average molecular weight is 356 g/mol. The molecule has 0 saturated carbocycles. The van der Waals surface area contributed by atoms with Crippen LogP contribution in [0.3, 0.4) is 0 Å². The van der Waals surface area contributed by atoms with Crippen molar-refractivity contribution in [3.63, 3.8) is 0 Å². The number of Topliss-reactive ketones (excluding diaryl/α,β-unsaturated/α-hetero) is 1. The fourth-order valence-electron chi connectivity index (χ4n) is 3.32. The molecule has 1 aliphatic rings. The summed E-state index contributed by atoms with van der Waals surface area (Å²) in [5, 5.41) is 0. The van der Waals surface area contributed by atoms with Crippen LogP contribution in [0.5, 0.6) is 0 Å². The molecule has 0 saturated heterocycles. The largest absolute Gasteiger partial charge is 0.466 e. The Kier molecular flexibility index (Phi) is 6.67. The van der Waals surface area contributed by atoms with Crippen LogP contribution in [0.2, 0.25) is 0 Å². The molecule has 3 nitrogen and oxygen atoms in total. The van der Waals surface area contributed by atoms with Crippen LogP contribution in [0.15, 0.2) is 59.2 Å². The monoisotopic (exact) mass is 356 g/mol. The maximum Gasteiger partial charge on any atom is 0.330 e. The highest BCUT2D eigenvalue weighted by atomic mass is 19.1. The predicted octanol–water partition coefficient (Wildman–Crippen LogP) is 4.59. The van der Waals surface area contributed by atoms with E-state index in [1.807, 2.05) is 26.0 Å². The number of methoxy groups -OCH3 is 1. The highest BCUT2D eigenvalue weighted by Gasteiger charge is 2.29. The van der Waals surface area contributed by atoms with E-state index in [1.54, 1.807) is 12.1 Å². The normalized spacial score (nSPS) is 21.4. The van der Waals surface area contributed by atoms with Gasteiger partial charge < -0.3 is 4.74 Å². The van der Waals surface area contributed by atoms with Crippen molar-refractivity contribution in [1.82, 2.24) is 0 Å². The zero-order chi connectivity index (χ0) is 19.3. The smallest absolute Gasteiger partial charge is 0.330 e. The van der Waals surface area contributed by atoms with Crippen LogP contribution in [0.1, 0.15) is 32.8 Å². The van der Waals surface area contributed by atoms with Gasteiger partial charge in [0.1, 0.15) is 5.82 Å². The molecule has 2 unspecified atom stereocenters. The lowest BCUT2D eigenvalue weighted by atomic mass is 9.74. The SMILES string of the molecule is COC(=O)/C=C(C)/C=C/C1C(C)=C(Cc2ccc(F)cc2)C(=O)CC1C. The summed E-state index contributed by atoms with van der Waals surface area (Å²) in [5.41, 5.74) is 3.57. The van der Waals surface area contributed by atoms with Crippen molar-refractivity contribution >= 4 is 11.8 Å². The number of hydrogen-bond acceptors (Lipinski definition) is 3. The van der Waals surface area contributed by atoms with Gasteiger partial charge in [0.05, 0.1) is 7.11 Å². The number of carbonyl (C=O) groups excluding carboxylic acids is 2. The van der Waals surface area contributed by atoms with Crippen LogP contribution in [0.4, 0.5) is 4.39 Å². The minimum Gasteiger partial charge on any atom is -0.466 e. The number of hydrogen-bond donors (Lipinski definition) is 0. The van der Waals surface area contributed by atoms with E-state index >= 15 is 0 Å². The first-order valence-electron chi connectivity index (χ1n) is 8.73. The second-order valence-electron chi connectivity index (χ2n) is 6.87. The van der Waals surface area contributed by atoms with E-state index in [0.29, 0.717) is 12.8 Å². The molecule has 1 aliphatic carbocycles. The molecule has 26 heavy (non-hydrogen) atoms. The Labute approximate surface area is 154 Å². The Morgan fingerprint density at radius 3 is 2.58 bits per heavy atom. The van der Waals surface area contributed by atoms with Gasteiger partial charge in [0.15, 0.2) is 5.78 Å². The molecule has 138 valence electrons. The third-order valence-electron chi connectivity index (χ3n) is 4.84. The maximum absolute atomic E-state index is 13.1. The van der Waals surface area contributed by atoms with Gasteiger partial charge in [0, 0.05) is 24.8 Å². The van der Waals surface area contributed by atoms with Gasteiger partial charge in [-0.3, -0.25) is 4.79 Å². The first kappa shape index (κ1) is 19.8. The topological polar surface area (TPSA) is 43.4 Å². The molecule has 0 fully saturated rings. The van der Waals surface area contributed by atoms with Crippen molar-refractivity contribution in [2.24, 2.45) is 11.8 Å². The average Bonchev–Trinajstić information content (AvgIpc) is 2.59. The molecular formula is C22H25FO3. The molecule has 0 aliphatic heterocycles. The van der Waals surface area contributed by atoms with E-state index < -0.39 is 0 Å². The summed E-state index contributed by atoms with van der Waals surface area (Å²) in [6.07, 6.45) is 6.38. The van der Waals surface area contributed by atoms with Crippen LogP contribution in [-0.2, 0) is 20.7 Å². The third-order valence-corrected chi connectivity index (χ3v) is 4.84. The number of allylic oxidation sites excluding steroid dienone is 5. The fourth-order valence-corrected chi connectivity index (χ4v) is 3.32. The summed E-state index contributed by atoms with van der Waals surface area (Å²) < 4.78 is 17.7. The number of carbonyl (C=O) groups is 2. The predicted molar refractivity (Wildman–Crippen MR) is 100.0 cm³/mol. The zero-order valence-electron chi connectivity index (χ0n) is 15.7. The Morgan fingerprint density at radius 2 is 1.96 bits per heavy atom. The summed E-state index contributed by atoms with van der Waals surface area (Å²) in [4.78, 5) is 23.8. The first-order chi connectivity index (χ1) is 12.3. The van der Waals surface area contributed by atoms with Crippen molar-refractivity contribution in [1.29, 1.82) is 0 Å². The molecule has 0 radical (unpaired) electrons. The molecular weight excluding hydrogens is 331 g/mol. The molecule has 0 N–H and O–H groups in total.